The normalized spacial score (nSPS) is 13.1. The van der Waals surface area contributed by atoms with Gasteiger partial charge >= 0.3 is 0 Å². The van der Waals surface area contributed by atoms with Crippen LogP contribution < -0.4 is 15.2 Å². The first kappa shape index (κ1) is 18.7. The molecule has 1 aromatic heterocycles. The number of amides is 2. The van der Waals surface area contributed by atoms with Crippen molar-refractivity contribution in [3.05, 3.63) is 53.2 Å². The fourth-order valence-corrected chi connectivity index (χ4v) is 2.78. The Bertz CT molecular complexity index is 992. The number of ether oxygens (including phenoxy) is 1. The van der Waals surface area contributed by atoms with Crippen molar-refractivity contribution in [3.8, 4) is 5.75 Å². The Morgan fingerprint density at radius 2 is 2.11 bits per heavy atom. The first-order valence-corrected chi connectivity index (χ1v) is 8.42. The number of hydrogen-bond acceptors (Lipinski definition) is 4. The smallest absolute Gasteiger partial charge is 0.300 e. The molecule has 2 amide bonds. The van der Waals surface area contributed by atoms with E-state index in [2.05, 4.69) is 10.2 Å². The predicted molar refractivity (Wildman–Crippen MR) is 99.6 cm³/mol. The van der Waals surface area contributed by atoms with Crippen molar-refractivity contribution >= 4 is 40.0 Å². The lowest BCUT2D eigenvalue weighted by atomic mass is 10.2. The molecule has 0 fully saturated rings. The zero-order valence-corrected chi connectivity index (χ0v) is 15.1. The molecule has 2 heterocycles. The molecular weight excluding hydrogens is 375 g/mol. The molecule has 3 aromatic rings. The minimum atomic E-state index is -0.890. The first-order chi connectivity index (χ1) is 13.0. The lowest BCUT2D eigenvalue weighted by molar-refractivity contribution is -0.118. The molecule has 0 aliphatic carbocycles. The molecule has 2 aromatic carbocycles. The molecule has 0 saturated carbocycles. The molecule has 27 heavy (non-hydrogen) atoms. The van der Waals surface area contributed by atoms with Gasteiger partial charge in [-0.25, -0.2) is 0 Å². The van der Waals surface area contributed by atoms with Crippen LogP contribution in [0.25, 0.3) is 10.9 Å². The molecule has 7 nitrogen and oxygen atoms in total. The Hall–Kier alpha value is -3.13. The summed E-state index contributed by atoms with van der Waals surface area (Å²) in [5.41, 5.74) is 2.49. The topological polar surface area (TPSA) is 87.3 Å². The van der Waals surface area contributed by atoms with Crippen LogP contribution in [0, 0.1) is 0 Å². The fraction of sp³-hybridized carbons (Fsp3) is 0.167. The lowest BCUT2D eigenvalue weighted by Crippen LogP contribution is -2.24. The Kier molecular flexibility index (Phi) is 5.56. The Labute approximate surface area is 159 Å². The minimum Gasteiger partial charge on any atom is -0.491 e. The molecule has 140 valence electrons. The maximum Gasteiger partial charge on any atom is 0.300 e. The van der Waals surface area contributed by atoms with Crippen molar-refractivity contribution in [1.29, 1.82) is 0 Å². The average molecular weight is 391 g/mol. The summed E-state index contributed by atoms with van der Waals surface area (Å²) in [6.07, 6.45) is 0.450. The van der Waals surface area contributed by atoms with Gasteiger partial charge in [-0.3, -0.25) is 14.7 Å². The zero-order valence-electron chi connectivity index (χ0n) is 14.3. The van der Waals surface area contributed by atoms with Gasteiger partial charge < -0.3 is 9.64 Å². The number of halogens is 2. The molecule has 4 rings (SSSR count). The summed E-state index contributed by atoms with van der Waals surface area (Å²) < 4.78 is 17.3. The molecule has 9 heteroatoms. The number of rotatable bonds is 1. The third kappa shape index (κ3) is 4.01. The third-order valence-corrected chi connectivity index (χ3v) is 4.24. The van der Waals surface area contributed by atoms with E-state index in [1.165, 1.54) is 0 Å². The van der Waals surface area contributed by atoms with E-state index in [1.54, 1.807) is 30.1 Å². The van der Waals surface area contributed by atoms with Gasteiger partial charge in [0.05, 0.1) is 24.2 Å². The first-order valence-electron chi connectivity index (χ1n) is 8.04. The average Bonchev–Trinajstić information content (AvgIpc) is 3.04. The van der Waals surface area contributed by atoms with E-state index in [0.29, 0.717) is 29.0 Å². The number of carbonyl (C=O) groups is 2. The van der Waals surface area contributed by atoms with Crippen LogP contribution in [0.5, 0.6) is 5.75 Å². The molecule has 0 bridgehead atoms. The molecule has 0 unspecified atom stereocenters. The number of carbonyl (C=O) groups excluding carboxylic acids is 2. The summed E-state index contributed by atoms with van der Waals surface area (Å²) in [7, 11) is 1.77. The van der Waals surface area contributed by atoms with Gasteiger partial charge in [-0.15, -0.1) is 0 Å². The number of aromatic amines is 1. The highest BCUT2D eigenvalue weighted by molar-refractivity contribution is 6.31. The van der Waals surface area contributed by atoms with Crippen molar-refractivity contribution < 1.29 is 18.8 Å². The highest BCUT2D eigenvalue weighted by Gasteiger charge is 2.18. The summed E-state index contributed by atoms with van der Waals surface area (Å²) in [5, 5.41) is 7.22. The van der Waals surface area contributed by atoms with Crippen LogP contribution in [-0.4, -0.2) is 35.7 Å². The van der Waals surface area contributed by atoms with Crippen molar-refractivity contribution in [2.24, 2.45) is 0 Å². The summed E-state index contributed by atoms with van der Waals surface area (Å²) in [4.78, 5) is 24.1. The van der Waals surface area contributed by atoms with Crippen LogP contribution in [0.2, 0.25) is 5.02 Å². The molecule has 1 aliphatic heterocycles. The number of para-hydroxylation sites is 2. The summed E-state index contributed by atoms with van der Waals surface area (Å²) in [6.45, 7) is 0.472. The Balaban J connectivity index is 0.000000156. The van der Waals surface area contributed by atoms with Gasteiger partial charge in [0.15, 0.2) is 5.69 Å². The molecular formula is C18H16ClFN4O3. The largest absolute Gasteiger partial charge is 0.491 e. The van der Waals surface area contributed by atoms with E-state index in [0.717, 1.165) is 17.0 Å². The second kappa shape index (κ2) is 8.05. The maximum atomic E-state index is 11.9. The number of benzene rings is 2. The van der Waals surface area contributed by atoms with E-state index in [9.17, 15) is 14.1 Å². The summed E-state index contributed by atoms with van der Waals surface area (Å²) in [5.74, 6) is -0.000633. The Morgan fingerprint density at radius 1 is 1.33 bits per heavy atom. The number of H-pyrrole nitrogens is 1. The standard InChI is InChI=1S/C10H11NO2.C8H5ClFN3O/c1-11-8-4-2-3-5-9(8)13-7-6-10(11)12;9-4-1-2-6-5(3-4)7(13-12-6)8(14)11-10/h2-5H,6-7H2,1H3;1-3H,(H,11,14)(H,12,13). The van der Waals surface area contributed by atoms with Gasteiger partial charge in [0.2, 0.25) is 5.91 Å². The maximum absolute atomic E-state index is 11.9. The lowest BCUT2D eigenvalue weighted by Gasteiger charge is -2.15. The van der Waals surface area contributed by atoms with E-state index in [1.807, 2.05) is 24.3 Å². The third-order valence-electron chi connectivity index (χ3n) is 4.00. The SMILES string of the molecule is CN1C(=O)CCOc2ccccc21.O=C(NF)c1n[nH]c2ccc(Cl)cc12. The molecule has 0 spiro atoms. The molecule has 0 saturated heterocycles. The molecule has 0 atom stereocenters. The van der Waals surface area contributed by atoms with Crippen LogP contribution >= 0.6 is 11.6 Å². The van der Waals surface area contributed by atoms with Crippen LogP contribution in [0.4, 0.5) is 10.2 Å². The van der Waals surface area contributed by atoms with E-state index in [-0.39, 0.29) is 11.6 Å². The fourth-order valence-electron chi connectivity index (χ4n) is 2.61. The minimum absolute atomic E-state index is 0.00926. The highest BCUT2D eigenvalue weighted by atomic mass is 35.5. The quantitative estimate of drug-likeness (QED) is 0.624. The van der Waals surface area contributed by atoms with Gasteiger partial charge in [-0.1, -0.05) is 28.2 Å². The second-order valence-electron chi connectivity index (χ2n) is 5.70. The van der Waals surface area contributed by atoms with Gasteiger partial charge in [-0.2, -0.15) is 10.6 Å². The highest BCUT2D eigenvalue weighted by Crippen LogP contribution is 2.29. The molecule has 1 aliphatic rings. The van der Waals surface area contributed by atoms with Crippen molar-refractivity contribution in [2.75, 3.05) is 18.6 Å². The van der Waals surface area contributed by atoms with E-state index >= 15 is 0 Å². The number of nitrogens with one attached hydrogen (secondary N) is 2. The van der Waals surface area contributed by atoms with Crippen LogP contribution in [0.15, 0.2) is 42.5 Å². The number of hydrogen-bond donors (Lipinski definition) is 2. The zero-order chi connectivity index (χ0) is 19.4. The summed E-state index contributed by atoms with van der Waals surface area (Å²) >= 11 is 5.73. The predicted octanol–water partition coefficient (Wildman–Crippen LogP) is 3.26. The molecule has 2 N–H and O–H groups in total. The number of fused-ring (bicyclic) bond motifs is 2. The Morgan fingerprint density at radius 3 is 2.89 bits per heavy atom. The van der Waals surface area contributed by atoms with Gasteiger partial charge in [0.1, 0.15) is 5.75 Å². The van der Waals surface area contributed by atoms with Crippen molar-refractivity contribution in [2.45, 2.75) is 6.42 Å². The number of nitrogens with zero attached hydrogens (tertiary/aromatic N) is 2. The van der Waals surface area contributed by atoms with Crippen molar-refractivity contribution in [3.63, 3.8) is 0 Å². The van der Waals surface area contributed by atoms with Gasteiger partial charge in [0.25, 0.3) is 5.91 Å². The van der Waals surface area contributed by atoms with Crippen LogP contribution in [0.3, 0.4) is 0 Å². The van der Waals surface area contributed by atoms with E-state index < -0.39 is 5.91 Å². The summed E-state index contributed by atoms with van der Waals surface area (Å²) in [6, 6.07) is 12.4. The number of aromatic nitrogens is 2. The monoisotopic (exact) mass is 390 g/mol. The van der Waals surface area contributed by atoms with E-state index in [4.69, 9.17) is 16.3 Å². The van der Waals surface area contributed by atoms with Crippen molar-refractivity contribution in [1.82, 2.24) is 15.7 Å². The van der Waals surface area contributed by atoms with Gasteiger partial charge in [0, 0.05) is 17.5 Å². The van der Waals surface area contributed by atoms with Crippen LogP contribution in [-0.2, 0) is 4.79 Å². The second-order valence-corrected chi connectivity index (χ2v) is 6.14. The number of anilines is 1. The van der Waals surface area contributed by atoms with Gasteiger partial charge in [-0.05, 0) is 30.3 Å². The molecule has 0 radical (unpaired) electrons. The van der Waals surface area contributed by atoms with Crippen LogP contribution in [0.1, 0.15) is 16.9 Å².